The minimum atomic E-state index is -4.69. The number of rotatable bonds is 4. The third kappa shape index (κ3) is 2.85. The van der Waals surface area contributed by atoms with Crippen LogP contribution in [-0.2, 0) is 15.9 Å². The number of fused-ring (bicyclic) bond motifs is 4. The van der Waals surface area contributed by atoms with Crippen LogP contribution in [0.4, 0.5) is 0 Å². The van der Waals surface area contributed by atoms with Crippen LogP contribution >= 0.6 is 17.0 Å². The second kappa shape index (κ2) is 7.38. The van der Waals surface area contributed by atoms with E-state index < -0.39 is 15.9 Å². The molecule has 0 fully saturated rings. The molecule has 1 unspecified atom stereocenters. The molecule has 2 aliphatic rings. The fourth-order valence-corrected chi connectivity index (χ4v) is 20.5. The molecule has 0 amide bonds. The van der Waals surface area contributed by atoms with Crippen LogP contribution in [0.25, 0.3) is 16.7 Å². The molecule has 2 aliphatic carbocycles. The molecular weight excluding hydrogens is 490 g/mol. The van der Waals surface area contributed by atoms with Gasteiger partial charge < -0.3 is 0 Å². The molecule has 0 heterocycles. The summed E-state index contributed by atoms with van der Waals surface area (Å²) in [4.78, 5) is 0. The van der Waals surface area contributed by atoms with Crippen LogP contribution in [0.1, 0.15) is 42.8 Å². The van der Waals surface area contributed by atoms with Crippen LogP contribution in [0, 0.1) is 0 Å². The van der Waals surface area contributed by atoms with Crippen molar-refractivity contribution in [3.63, 3.8) is 0 Å². The van der Waals surface area contributed by atoms with E-state index in [4.69, 9.17) is 17.0 Å². The second-order valence-corrected chi connectivity index (χ2v) is 29.9. The van der Waals surface area contributed by atoms with Gasteiger partial charge in [0, 0.05) is 0 Å². The topological polar surface area (TPSA) is 20.2 Å². The van der Waals surface area contributed by atoms with Crippen molar-refractivity contribution in [1.82, 2.24) is 0 Å². The van der Waals surface area contributed by atoms with Crippen molar-refractivity contribution in [2.75, 3.05) is 6.61 Å². The quantitative estimate of drug-likeness (QED) is 0.394. The summed E-state index contributed by atoms with van der Waals surface area (Å²) >= 11 is -4.69. The Balaban J connectivity index is 1.79. The third-order valence-corrected chi connectivity index (χ3v) is 25.9. The van der Waals surface area contributed by atoms with E-state index >= 15 is 0 Å². The number of aliphatic hydroxyl groups excluding tert-OH is 1. The summed E-state index contributed by atoms with van der Waals surface area (Å²) in [6, 6.07) is 25.5. The molecular formula is C26H24Cl2OZr. The molecule has 1 atom stereocenters. The van der Waals surface area contributed by atoms with E-state index in [-0.39, 0.29) is 13.9 Å². The number of allylic oxidation sites excluding steroid dienone is 1. The first kappa shape index (κ1) is 20.6. The first-order valence-corrected chi connectivity index (χ1v) is 21.0. The summed E-state index contributed by atoms with van der Waals surface area (Å²) in [7, 11) is 15.7. The zero-order valence-electron chi connectivity index (χ0n) is 16.9. The number of hydrogen-bond donors (Lipinski definition) is 1. The van der Waals surface area contributed by atoms with Gasteiger partial charge in [-0.1, -0.05) is 0 Å². The average Bonchev–Trinajstić information content (AvgIpc) is 3.32. The molecule has 0 saturated carbocycles. The molecule has 0 saturated heterocycles. The van der Waals surface area contributed by atoms with Gasteiger partial charge in [0.2, 0.25) is 0 Å². The second-order valence-electron chi connectivity index (χ2n) is 8.35. The average molecular weight is 515 g/mol. The van der Waals surface area contributed by atoms with Crippen molar-refractivity contribution < 1.29 is 21.0 Å². The number of hydrogen-bond acceptors (Lipinski definition) is 1. The molecule has 152 valence electrons. The molecule has 1 N–H and O–H groups in total. The van der Waals surface area contributed by atoms with Crippen molar-refractivity contribution in [2.24, 2.45) is 0 Å². The zero-order valence-corrected chi connectivity index (χ0v) is 20.8. The fraction of sp³-hybridized carbons (Fsp3) is 0.192. The molecule has 3 aromatic carbocycles. The van der Waals surface area contributed by atoms with Crippen molar-refractivity contribution >= 4 is 26.3 Å². The zero-order chi connectivity index (χ0) is 21.0. The Hall–Kier alpha value is -1.31. The standard InChI is InChI=1S/C13H9.C11H11O.C2H4.2ClH.Zr/c1-3-7-12-10(5-1)9-11-6-2-4-8-13(11)12;12-8-7-10-6-5-9-3-1-2-4-11(9)10;1-2;;;/h1-9H;1-6,12H,7-8H2;1H,2H3;2*1H;/q;;;;;+2/p-2. The maximum atomic E-state index is 9.64. The molecule has 4 heteroatoms. The Labute approximate surface area is 185 Å². The van der Waals surface area contributed by atoms with Crippen LogP contribution in [0.5, 0.6) is 0 Å². The first-order valence-electron chi connectivity index (χ1n) is 10.5. The van der Waals surface area contributed by atoms with Gasteiger partial charge in [0.05, 0.1) is 0 Å². The van der Waals surface area contributed by atoms with E-state index in [1.807, 2.05) is 0 Å². The molecule has 3 aromatic rings. The van der Waals surface area contributed by atoms with Crippen LogP contribution < -0.4 is 0 Å². The summed E-state index contributed by atoms with van der Waals surface area (Å²) in [5.41, 5.74) is 8.51. The molecule has 30 heavy (non-hydrogen) atoms. The van der Waals surface area contributed by atoms with Crippen molar-refractivity contribution in [1.29, 1.82) is 0 Å². The van der Waals surface area contributed by atoms with Gasteiger partial charge in [-0.2, -0.15) is 0 Å². The Kier molecular flexibility index (Phi) is 5.07. The molecule has 0 spiro atoms. The van der Waals surface area contributed by atoms with E-state index in [2.05, 4.69) is 89.5 Å². The van der Waals surface area contributed by atoms with E-state index in [0.717, 1.165) is 5.57 Å². The number of benzene rings is 3. The van der Waals surface area contributed by atoms with Crippen molar-refractivity contribution in [3.05, 3.63) is 101 Å². The Morgan fingerprint density at radius 2 is 1.30 bits per heavy atom. The number of aliphatic hydroxyl groups is 1. The van der Waals surface area contributed by atoms with E-state index in [1.54, 1.807) is 0 Å². The Bertz CT molecular complexity index is 1210. The van der Waals surface area contributed by atoms with Gasteiger partial charge in [0.25, 0.3) is 0 Å². The number of halogens is 2. The molecule has 0 radical (unpaired) electrons. The van der Waals surface area contributed by atoms with E-state index in [9.17, 15) is 5.11 Å². The summed E-state index contributed by atoms with van der Waals surface area (Å²) in [5.74, 6) is 0. The molecule has 0 bridgehead atoms. The van der Waals surface area contributed by atoms with E-state index in [0.29, 0.717) is 6.42 Å². The Morgan fingerprint density at radius 1 is 0.800 bits per heavy atom. The molecule has 5 rings (SSSR count). The monoisotopic (exact) mass is 512 g/mol. The molecule has 1 nitrogen and oxygen atoms in total. The van der Waals surface area contributed by atoms with Gasteiger partial charge in [-0.15, -0.1) is 0 Å². The normalized spacial score (nSPS) is 17.9. The first-order chi connectivity index (χ1) is 14.5. The predicted molar refractivity (Wildman–Crippen MR) is 126 cm³/mol. The van der Waals surface area contributed by atoms with Crippen LogP contribution in [0.15, 0.2) is 78.9 Å². The summed E-state index contributed by atoms with van der Waals surface area (Å²) in [6.07, 6.45) is 2.88. The Morgan fingerprint density at radius 3 is 1.83 bits per heavy atom. The van der Waals surface area contributed by atoms with Gasteiger partial charge in [0.15, 0.2) is 0 Å². The van der Waals surface area contributed by atoms with Gasteiger partial charge in [-0.05, 0) is 0 Å². The van der Waals surface area contributed by atoms with Gasteiger partial charge >= 0.3 is 187 Å². The third-order valence-electron chi connectivity index (χ3n) is 6.92. The van der Waals surface area contributed by atoms with Crippen LogP contribution in [0.2, 0.25) is 0 Å². The van der Waals surface area contributed by atoms with E-state index in [1.165, 1.54) is 33.4 Å². The van der Waals surface area contributed by atoms with Crippen LogP contribution in [0.3, 0.4) is 0 Å². The minimum absolute atomic E-state index is 0.00467. The van der Waals surface area contributed by atoms with Crippen LogP contribution in [-0.4, -0.2) is 15.4 Å². The fourth-order valence-electron chi connectivity index (χ4n) is 5.51. The molecule has 0 aromatic heterocycles. The van der Waals surface area contributed by atoms with Crippen molar-refractivity contribution in [3.8, 4) is 11.1 Å². The van der Waals surface area contributed by atoms with Gasteiger partial charge in [-0.3, -0.25) is 0 Å². The van der Waals surface area contributed by atoms with Gasteiger partial charge in [0.1, 0.15) is 0 Å². The molecule has 0 aliphatic heterocycles. The summed E-state index contributed by atoms with van der Waals surface area (Å²) < 4.78 is 2.14. The summed E-state index contributed by atoms with van der Waals surface area (Å²) in [5, 5.41) is 9.64. The maximum absolute atomic E-state index is 9.64. The SMILES string of the molecule is C[CH]=[Zr]([Cl])([Cl])([CH]1C=C(CCO)c2ccccc21)[CH]1c2ccccc2-c2ccccc21. The summed E-state index contributed by atoms with van der Waals surface area (Å²) in [6.45, 7) is 2.17. The van der Waals surface area contributed by atoms with Crippen molar-refractivity contribution in [2.45, 2.75) is 20.6 Å². The van der Waals surface area contributed by atoms with Gasteiger partial charge in [-0.25, -0.2) is 0 Å². The predicted octanol–water partition coefficient (Wildman–Crippen LogP) is 7.10.